The van der Waals surface area contributed by atoms with Gasteiger partial charge in [-0.15, -0.1) is 0 Å². The molecule has 0 spiro atoms. The van der Waals surface area contributed by atoms with Crippen LogP contribution in [0.25, 0.3) is 11.1 Å². The van der Waals surface area contributed by atoms with E-state index in [0.717, 1.165) is 22.3 Å². The summed E-state index contributed by atoms with van der Waals surface area (Å²) in [5, 5.41) is 21.3. The zero-order valence-electron chi connectivity index (χ0n) is 21.0. The summed E-state index contributed by atoms with van der Waals surface area (Å²) in [6.07, 6.45) is 1.13. The minimum absolute atomic E-state index is 0.00520. The van der Waals surface area contributed by atoms with Crippen LogP contribution in [-0.2, 0) is 12.8 Å². The van der Waals surface area contributed by atoms with E-state index >= 15 is 0 Å². The maximum atomic E-state index is 13.3. The summed E-state index contributed by atoms with van der Waals surface area (Å²) in [7, 11) is 0. The standard InChI is InChI=1S/C32H33N3O2/c1-22-10-12-25(13-11-22)26-14-16-27(17-15-26)32(37)35-30(20-23-6-3-2-4-7-23)29(21-36)19-24-8-5-9-28(18-24)31(33)34/h2-18,29-30,36H,19-21H2,1H3,(H3,33,34)(H,35,37). The van der Waals surface area contributed by atoms with Gasteiger partial charge in [-0.25, -0.2) is 0 Å². The molecule has 188 valence electrons. The highest BCUT2D eigenvalue weighted by molar-refractivity contribution is 5.95. The van der Waals surface area contributed by atoms with Crippen LogP contribution in [0.1, 0.15) is 32.6 Å². The Labute approximate surface area is 218 Å². The number of aliphatic hydroxyl groups excluding tert-OH is 1. The summed E-state index contributed by atoms with van der Waals surface area (Å²) < 4.78 is 0. The van der Waals surface area contributed by atoms with E-state index in [1.807, 2.05) is 72.8 Å². The first kappa shape index (κ1) is 25.9. The molecule has 4 aromatic carbocycles. The second-order valence-corrected chi connectivity index (χ2v) is 9.47. The minimum Gasteiger partial charge on any atom is -0.396 e. The molecule has 0 heterocycles. The molecule has 4 aromatic rings. The summed E-state index contributed by atoms with van der Waals surface area (Å²) in [5.74, 6) is -0.392. The van der Waals surface area contributed by atoms with Gasteiger partial charge in [0, 0.05) is 29.7 Å². The van der Waals surface area contributed by atoms with E-state index in [0.29, 0.717) is 24.0 Å². The van der Waals surface area contributed by atoms with Crippen LogP contribution in [0.3, 0.4) is 0 Å². The Morgan fingerprint density at radius 1 is 0.811 bits per heavy atom. The Kier molecular flexibility index (Phi) is 8.49. The molecule has 2 atom stereocenters. The molecule has 0 fully saturated rings. The molecule has 2 unspecified atom stereocenters. The first-order chi connectivity index (χ1) is 17.9. The summed E-state index contributed by atoms with van der Waals surface area (Å²) in [6.45, 7) is 1.97. The number of hydrogen-bond acceptors (Lipinski definition) is 3. The molecule has 0 aliphatic rings. The topological polar surface area (TPSA) is 99.2 Å². The van der Waals surface area contributed by atoms with Crippen LogP contribution in [0, 0.1) is 18.3 Å². The van der Waals surface area contributed by atoms with E-state index in [4.69, 9.17) is 11.1 Å². The Hall–Kier alpha value is -4.22. The zero-order chi connectivity index (χ0) is 26.2. The number of hydrogen-bond donors (Lipinski definition) is 4. The quantitative estimate of drug-likeness (QED) is 0.183. The fourth-order valence-corrected chi connectivity index (χ4v) is 4.52. The van der Waals surface area contributed by atoms with E-state index in [2.05, 4.69) is 36.5 Å². The van der Waals surface area contributed by atoms with Crippen molar-refractivity contribution in [2.24, 2.45) is 11.7 Å². The molecule has 5 heteroatoms. The van der Waals surface area contributed by atoms with Crippen LogP contribution < -0.4 is 11.1 Å². The zero-order valence-corrected chi connectivity index (χ0v) is 21.0. The first-order valence-electron chi connectivity index (χ1n) is 12.5. The normalized spacial score (nSPS) is 12.5. The van der Waals surface area contributed by atoms with Gasteiger partial charge < -0.3 is 16.2 Å². The number of nitrogen functional groups attached to an aromatic ring is 1. The van der Waals surface area contributed by atoms with Crippen molar-refractivity contribution in [1.29, 1.82) is 5.41 Å². The van der Waals surface area contributed by atoms with Crippen LogP contribution in [0.4, 0.5) is 0 Å². The van der Waals surface area contributed by atoms with Gasteiger partial charge >= 0.3 is 0 Å². The van der Waals surface area contributed by atoms with Crippen molar-refractivity contribution < 1.29 is 9.90 Å². The smallest absolute Gasteiger partial charge is 0.251 e. The molecule has 0 aromatic heterocycles. The SMILES string of the molecule is Cc1ccc(-c2ccc(C(=O)NC(Cc3ccccc3)C(CO)Cc3cccc(C(=N)N)c3)cc2)cc1. The number of nitrogens with one attached hydrogen (secondary N) is 2. The third kappa shape index (κ3) is 6.93. The highest BCUT2D eigenvalue weighted by Crippen LogP contribution is 2.22. The molecule has 1 amide bonds. The van der Waals surface area contributed by atoms with Gasteiger partial charge in [0.15, 0.2) is 0 Å². The fraction of sp³-hybridized carbons (Fsp3) is 0.188. The number of aryl methyl sites for hydroxylation is 1. The maximum absolute atomic E-state index is 13.3. The van der Waals surface area contributed by atoms with Crippen LogP contribution in [-0.4, -0.2) is 29.5 Å². The van der Waals surface area contributed by atoms with Crippen molar-refractivity contribution >= 4 is 11.7 Å². The van der Waals surface area contributed by atoms with E-state index in [1.165, 1.54) is 5.56 Å². The highest BCUT2D eigenvalue weighted by Gasteiger charge is 2.24. The van der Waals surface area contributed by atoms with Crippen LogP contribution in [0.5, 0.6) is 0 Å². The number of benzene rings is 4. The Morgan fingerprint density at radius 2 is 1.43 bits per heavy atom. The van der Waals surface area contributed by atoms with Gasteiger partial charge in [-0.05, 0) is 60.2 Å². The summed E-state index contributed by atoms with van der Waals surface area (Å²) in [6, 6.07) is 33.1. The average molecular weight is 492 g/mol. The highest BCUT2D eigenvalue weighted by atomic mass is 16.3. The number of carbonyl (C=O) groups is 1. The summed E-state index contributed by atoms with van der Waals surface area (Å²) in [5.41, 5.74) is 12.3. The summed E-state index contributed by atoms with van der Waals surface area (Å²) in [4.78, 5) is 13.3. The molecule has 4 rings (SSSR count). The van der Waals surface area contributed by atoms with Crippen molar-refractivity contribution in [3.8, 4) is 11.1 Å². The van der Waals surface area contributed by atoms with Crippen molar-refractivity contribution in [2.45, 2.75) is 25.8 Å². The maximum Gasteiger partial charge on any atom is 0.251 e. The first-order valence-corrected chi connectivity index (χ1v) is 12.5. The molecule has 0 aliphatic carbocycles. The molecule has 0 saturated heterocycles. The Morgan fingerprint density at radius 3 is 2.05 bits per heavy atom. The lowest BCUT2D eigenvalue weighted by molar-refractivity contribution is 0.0903. The third-order valence-electron chi connectivity index (χ3n) is 6.69. The largest absolute Gasteiger partial charge is 0.396 e. The number of amidine groups is 1. The second kappa shape index (κ2) is 12.2. The van der Waals surface area contributed by atoms with Gasteiger partial charge in [0.2, 0.25) is 0 Å². The number of rotatable bonds is 10. The molecular formula is C32H33N3O2. The van der Waals surface area contributed by atoms with Gasteiger partial charge in [0.1, 0.15) is 5.84 Å². The molecule has 0 bridgehead atoms. The molecule has 0 aliphatic heterocycles. The van der Waals surface area contributed by atoms with E-state index in [1.54, 1.807) is 6.07 Å². The number of aliphatic hydroxyl groups is 1. The van der Waals surface area contributed by atoms with Gasteiger partial charge in [0.05, 0.1) is 0 Å². The van der Waals surface area contributed by atoms with Crippen LogP contribution in [0.15, 0.2) is 103 Å². The monoisotopic (exact) mass is 491 g/mol. The van der Waals surface area contributed by atoms with Crippen molar-refractivity contribution in [3.63, 3.8) is 0 Å². The van der Waals surface area contributed by atoms with E-state index in [9.17, 15) is 9.90 Å². The average Bonchev–Trinajstić information content (AvgIpc) is 2.92. The third-order valence-corrected chi connectivity index (χ3v) is 6.69. The lowest BCUT2D eigenvalue weighted by atomic mass is 9.88. The molecule has 5 N–H and O–H groups in total. The predicted molar refractivity (Wildman–Crippen MR) is 150 cm³/mol. The van der Waals surface area contributed by atoms with Crippen molar-refractivity contribution in [3.05, 3.63) is 131 Å². The number of nitrogens with two attached hydrogens (primary N) is 1. The van der Waals surface area contributed by atoms with Crippen molar-refractivity contribution in [2.75, 3.05) is 6.61 Å². The fourth-order valence-electron chi connectivity index (χ4n) is 4.52. The van der Waals surface area contributed by atoms with Crippen LogP contribution in [0.2, 0.25) is 0 Å². The second-order valence-electron chi connectivity index (χ2n) is 9.47. The predicted octanol–water partition coefficient (Wildman–Crippen LogP) is 5.14. The van der Waals surface area contributed by atoms with Gasteiger partial charge in [-0.1, -0.05) is 90.5 Å². The minimum atomic E-state index is -0.294. The van der Waals surface area contributed by atoms with Crippen molar-refractivity contribution in [1.82, 2.24) is 5.32 Å². The summed E-state index contributed by atoms with van der Waals surface area (Å²) >= 11 is 0. The molecule has 5 nitrogen and oxygen atoms in total. The van der Waals surface area contributed by atoms with Gasteiger partial charge in [-0.3, -0.25) is 10.2 Å². The lowest BCUT2D eigenvalue weighted by Crippen LogP contribution is -2.44. The van der Waals surface area contributed by atoms with E-state index in [-0.39, 0.29) is 30.3 Å². The number of amides is 1. The van der Waals surface area contributed by atoms with E-state index < -0.39 is 0 Å². The molecule has 0 radical (unpaired) electrons. The lowest BCUT2D eigenvalue weighted by Gasteiger charge is -2.27. The van der Waals surface area contributed by atoms with Crippen LogP contribution >= 0.6 is 0 Å². The Bertz CT molecular complexity index is 1330. The van der Waals surface area contributed by atoms with Gasteiger partial charge in [-0.2, -0.15) is 0 Å². The number of carbonyl (C=O) groups excluding carboxylic acids is 1. The van der Waals surface area contributed by atoms with Gasteiger partial charge in [0.25, 0.3) is 5.91 Å². The molecular weight excluding hydrogens is 458 g/mol. The molecule has 37 heavy (non-hydrogen) atoms. The molecule has 0 saturated carbocycles. The Balaban J connectivity index is 1.54.